The van der Waals surface area contributed by atoms with Crippen molar-refractivity contribution in [3.8, 4) is 0 Å². The fourth-order valence-corrected chi connectivity index (χ4v) is 4.79. The molecule has 0 N–H and O–H groups in total. The summed E-state index contributed by atoms with van der Waals surface area (Å²) >= 11 is 0. The summed E-state index contributed by atoms with van der Waals surface area (Å²) in [5, 5.41) is 0. The smallest absolute Gasteiger partial charge is 0.314 e. The Hall–Kier alpha value is -1.35. The van der Waals surface area contributed by atoms with Crippen LogP contribution in [0.3, 0.4) is 0 Å². The molecule has 2 saturated carbocycles. The van der Waals surface area contributed by atoms with Crippen molar-refractivity contribution in [2.45, 2.75) is 71.0 Å². The molecule has 0 bridgehead atoms. The molecular formula is C21H30O3. The molecule has 0 amide bonds. The largest absolute Gasteiger partial charge is 0.469 e. The van der Waals surface area contributed by atoms with Crippen LogP contribution in [0.2, 0.25) is 0 Å². The van der Waals surface area contributed by atoms with Gasteiger partial charge < -0.3 is 9.47 Å². The molecule has 1 aromatic rings. The molecule has 3 rings (SSSR count). The maximum Gasteiger partial charge on any atom is 0.314 e. The van der Waals surface area contributed by atoms with Crippen LogP contribution >= 0.6 is 0 Å². The highest BCUT2D eigenvalue weighted by Crippen LogP contribution is 2.52. The predicted octanol–water partition coefficient (Wildman–Crippen LogP) is 4.80. The molecule has 3 heteroatoms. The quantitative estimate of drug-likeness (QED) is 0.727. The van der Waals surface area contributed by atoms with E-state index in [1.807, 2.05) is 0 Å². The highest BCUT2D eigenvalue weighted by atomic mass is 16.5. The van der Waals surface area contributed by atoms with E-state index in [0.717, 1.165) is 32.1 Å². The summed E-state index contributed by atoms with van der Waals surface area (Å²) in [5.74, 6) is 0.380. The highest BCUT2D eigenvalue weighted by molar-refractivity contribution is 5.78. The van der Waals surface area contributed by atoms with E-state index < -0.39 is 5.41 Å². The highest BCUT2D eigenvalue weighted by Gasteiger charge is 2.55. The van der Waals surface area contributed by atoms with Crippen LogP contribution in [0.4, 0.5) is 0 Å². The van der Waals surface area contributed by atoms with Gasteiger partial charge in [-0.05, 0) is 50.5 Å². The number of rotatable bonds is 5. The molecule has 2 atom stereocenters. The predicted molar refractivity (Wildman–Crippen MR) is 94.6 cm³/mol. The summed E-state index contributed by atoms with van der Waals surface area (Å²) in [6, 6.07) is 8.46. The molecule has 0 heterocycles. The molecule has 0 radical (unpaired) electrons. The fraction of sp³-hybridized carbons (Fsp3) is 0.667. The lowest BCUT2D eigenvalue weighted by molar-refractivity contribution is -0.170. The van der Waals surface area contributed by atoms with E-state index in [2.05, 4.69) is 31.2 Å². The van der Waals surface area contributed by atoms with E-state index in [9.17, 15) is 4.79 Å². The molecule has 3 nitrogen and oxygen atoms in total. The van der Waals surface area contributed by atoms with Gasteiger partial charge >= 0.3 is 5.97 Å². The van der Waals surface area contributed by atoms with Crippen molar-refractivity contribution in [3.63, 3.8) is 0 Å². The van der Waals surface area contributed by atoms with Gasteiger partial charge in [-0.2, -0.15) is 0 Å². The van der Waals surface area contributed by atoms with Gasteiger partial charge in [0.15, 0.2) is 0 Å². The second-order valence-electron chi connectivity index (χ2n) is 7.54. The summed E-state index contributed by atoms with van der Waals surface area (Å²) in [6.45, 7) is 2.67. The van der Waals surface area contributed by atoms with Gasteiger partial charge in [0.25, 0.3) is 0 Å². The average Bonchev–Trinajstić information content (AvgIpc) is 3.06. The number of esters is 1. The molecule has 1 aromatic carbocycles. The van der Waals surface area contributed by atoms with Gasteiger partial charge in [0.1, 0.15) is 0 Å². The Kier molecular flexibility index (Phi) is 5.60. The van der Waals surface area contributed by atoms with E-state index in [4.69, 9.17) is 9.47 Å². The standard InChI is InChI=1S/C21H30O3/c1-16-10-12-17(13-11-16)15-24-19-9-6-14-21(19,20(22)23-2)18-7-4-3-5-8-18/h10-13,18-19H,3-9,14-15H2,1-2H3. The van der Waals surface area contributed by atoms with Crippen LogP contribution in [0.5, 0.6) is 0 Å². The summed E-state index contributed by atoms with van der Waals surface area (Å²) in [7, 11) is 1.53. The Morgan fingerprint density at radius 3 is 2.46 bits per heavy atom. The van der Waals surface area contributed by atoms with Gasteiger partial charge in [-0.15, -0.1) is 0 Å². The molecule has 132 valence electrons. The maximum atomic E-state index is 12.8. The summed E-state index contributed by atoms with van der Waals surface area (Å²) in [5.41, 5.74) is 2.01. The summed E-state index contributed by atoms with van der Waals surface area (Å²) in [6.07, 6.45) is 8.98. The van der Waals surface area contributed by atoms with Crippen LogP contribution in [-0.4, -0.2) is 19.2 Å². The van der Waals surface area contributed by atoms with E-state index in [1.165, 1.54) is 37.5 Å². The van der Waals surface area contributed by atoms with Crippen molar-refractivity contribution in [3.05, 3.63) is 35.4 Å². The normalized spacial score (nSPS) is 28.0. The number of carbonyl (C=O) groups excluding carboxylic acids is 1. The Labute approximate surface area is 145 Å². The van der Waals surface area contributed by atoms with E-state index >= 15 is 0 Å². The van der Waals surface area contributed by atoms with Gasteiger partial charge in [-0.3, -0.25) is 4.79 Å². The SMILES string of the molecule is COC(=O)C1(C2CCCCC2)CCCC1OCc1ccc(C)cc1. The third-order valence-electron chi connectivity index (χ3n) is 6.10. The number of aryl methyl sites for hydroxylation is 1. The van der Waals surface area contributed by atoms with Crippen molar-refractivity contribution in [2.75, 3.05) is 7.11 Å². The summed E-state index contributed by atoms with van der Waals surface area (Å²) in [4.78, 5) is 12.8. The number of ether oxygens (including phenoxy) is 2. The maximum absolute atomic E-state index is 12.8. The zero-order chi connectivity index (χ0) is 17.0. The molecule has 0 aliphatic heterocycles. The molecule has 24 heavy (non-hydrogen) atoms. The number of hydrogen-bond acceptors (Lipinski definition) is 3. The van der Waals surface area contributed by atoms with Crippen molar-refractivity contribution in [1.29, 1.82) is 0 Å². The first-order valence-corrected chi connectivity index (χ1v) is 9.42. The third kappa shape index (κ3) is 3.37. The van der Waals surface area contributed by atoms with Crippen LogP contribution < -0.4 is 0 Å². The van der Waals surface area contributed by atoms with Crippen molar-refractivity contribution in [1.82, 2.24) is 0 Å². The lowest BCUT2D eigenvalue weighted by Gasteiger charge is -2.41. The van der Waals surface area contributed by atoms with Crippen LogP contribution in [0.15, 0.2) is 24.3 Å². The van der Waals surface area contributed by atoms with Gasteiger partial charge in [0.05, 0.1) is 25.2 Å². The van der Waals surface area contributed by atoms with Gasteiger partial charge in [-0.1, -0.05) is 49.1 Å². The lowest BCUT2D eigenvalue weighted by atomic mass is 9.66. The zero-order valence-electron chi connectivity index (χ0n) is 15.1. The van der Waals surface area contributed by atoms with Crippen molar-refractivity contribution >= 4 is 5.97 Å². The second-order valence-corrected chi connectivity index (χ2v) is 7.54. The Balaban J connectivity index is 1.76. The number of hydrogen-bond donors (Lipinski definition) is 0. The van der Waals surface area contributed by atoms with Crippen molar-refractivity contribution < 1.29 is 14.3 Å². The molecule has 0 saturated heterocycles. The van der Waals surface area contributed by atoms with Crippen molar-refractivity contribution in [2.24, 2.45) is 11.3 Å². The average molecular weight is 330 g/mol. The van der Waals surface area contributed by atoms with E-state index in [1.54, 1.807) is 0 Å². The van der Waals surface area contributed by atoms with Crippen LogP contribution in [0.25, 0.3) is 0 Å². The van der Waals surface area contributed by atoms with Crippen LogP contribution in [-0.2, 0) is 20.9 Å². The molecule has 0 aromatic heterocycles. The minimum absolute atomic E-state index is 0.00523. The Bertz CT molecular complexity index is 545. The summed E-state index contributed by atoms with van der Waals surface area (Å²) < 4.78 is 11.6. The Morgan fingerprint density at radius 1 is 1.08 bits per heavy atom. The topological polar surface area (TPSA) is 35.5 Å². The minimum Gasteiger partial charge on any atom is -0.469 e. The third-order valence-corrected chi connectivity index (χ3v) is 6.10. The minimum atomic E-state index is -0.417. The first kappa shape index (κ1) is 17.5. The Morgan fingerprint density at radius 2 is 1.79 bits per heavy atom. The van der Waals surface area contributed by atoms with Gasteiger partial charge in [0, 0.05) is 0 Å². The fourth-order valence-electron chi connectivity index (χ4n) is 4.79. The molecule has 2 aliphatic carbocycles. The molecule has 2 unspecified atom stereocenters. The molecule has 0 spiro atoms. The number of benzene rings is 1. The first-order valence-electron chi connectivity index (χ1n) is 9.42. The lowest BCUT2D eigenvalue weighted by Crippen LogP contribution is -2.47. The number of carbonyl (C=O) groups is 1. The first-order chi connectivity index (χ1) is 11.7. The monoisotopic (exact) mass is 330 g/mol. The van der Waals surface area contributed by atoms with E-state index in [0.29, 0.717) is 12.5 Å². The number of methoxy groups -OCH3 is 1. The van der Waals surface area contributed by atoms with Gasteiger partial charge in [0.2, 0.25) is 0 Å². The molecule has 2 aliphatic rings. The second kappa shape index (κ2) is 7.69. The van der Waals surface area contributed by atoms with E-state index in [-0.39, 0.29) is 12.1 Å². The van der Waals surface area contributed by atoms with Crippen LogP contribution in [0.1, 0.15) is 62.5 Å². The van der Waals surface area contributed by atoms with Crippen LogP contribution in [0, 0.1) is 18.3 Å². The van der Waals surface area contributed by atoms with Gasteiger partial charge in [-0.25, -0.2) is 0 Å². The molecule has 2 fully saturated rings. The zero-order valence-corrected chi connectivity index (χ0v) is 15.1. The molecular weight excluding hydrogens is 300 g/mol.